The minimum Gasteiger partial charge on any atom is -0.467 e. The van der Waals surface area contributed by atoms with Gasteiger partial charge in [-0.2, -0.15) is 5.10 Å². The topological polar surface area (TPSA) is 111 Å². The molecule has 0 aliphatic carbocycles. The van der Waals surface area contributed by atoms with Crippen LogP contribution in [0.3, 0.4) is 0 Å². The van der Waals surface area contributed by atoms with Gasteiger partial charge in [-0.15, -0.1) is 0 Å². The van der Waals surface area contributed by atoms with Gasteiger partial charge in [0, 0.05) is 44.8 Å². The van der Waals surface area contributed by atoms with Crippen molar-refractivity contribution in [2.45, 2.75) is 25.9 Å². The molecule has 0 aromatic carbocycles. The van der Waals surface area contributed by atoms with Gasteiger partial charge in [-0.1, -0.05) is 11.3 Å². The van der Waals surface area contributed by atoms with Crippen LogP contribution < -0.4 is 10.2 Å². The number of aryl methyl sites for hydroxylation is 2. The summed E-state index contributed by atoms with van der Waals surface area (Å²) in [6.45, 7) is 0.591. The van der Waals surface area contributed by atoms with Crippen LogP contribution in [0.2, 0.25) is 0 Å². The number of fused-ring (bicyclic) bond motifs is 1. The number of pyridine rings is 1. The van der Waals surface area contributed by atoms with E-state index in [9.17, 15) is 9.59 Å². The number of amides is 2. The summed E-state index contributed by atoms with van der Waals surface area (Å²) in [5.74, 6) is 0.271. The van der Waals surface area contributed by atoms with Gasteiger partial charge in [0.2, 0.25) is 5.91 Å². The van der Waals surface area contributed by atoms with Gasteiger partial charge in [-0.25, -0.2) is 9.97 Å². The van der Waals surface area contributed by atoms with Crippen LogP contribution in [0.5, 0.6) is 0 Å². The highest BCUT2D eigenvalue weighted by molar-refractivity contribution is 7.17. The second-order valence-corrected chi connectivity index (χ2v) is 9.01. The first-order valence-electron chi connectivity index (χ1n) is 11.0. The Kier molecular flexibility index (Phi) is 6.40. The fourth-order valence-electron chi connectivity index (χ4n) is 3.63. The average molecular weight is 490 g/mol. The van der Waals surface area contributed by atoms with E-state index in [1.165, 1.54) is 17.5 Å². The van der Waals surface area contributed by atoms with Gasteiger partial charge < -0.3 is 14.1 Å². The molecule has 0 radical (unpaired) electrons. The normalized spacial score (nSPS) is 11.1. The molecule has 11 heteroatoms. The Morgan fingerprint density at radius 2 is 2.09 bits per heavy atom. The fourth-order valence-corrected chi connectivity index (χ4v) is 4.48. The maximum absolute atomic E-state index is 13.1. The molecule has 0 bridgehead atoms. The van der Waals surface area contributed by atoms with E-state index >= 15 is 0 Å². The smallest absolute Gasteiger partial charge is 0.263 e. The Morgan fingerprint density at radius 3 is 2.89 bits per heavy atom. The molecule has 0 saturated carbocycles. The molecular formula is C24H23N7O3S. The van der Waals surface area contributed by atoms with Crippen molar-refractivity contribution in [1.82, 2.24) is 29.5 Å². The summed E-state index contributed by atoms with van der Waals surface area (Å²) in [7, 11) is 1.84. The molecule has 1 N–H and O–H groups in total. The summed E-state index contributed by atoms with van der Waals surface area (Å²) >= 11 is 1.17. The highest BCUT2D eigenvalue weighted by Crippen LogP contribution is 2.26. The molecule has 0 aliphatic heterocycles. The molecule has 0 atom stereocenters. The van der Waals surface area contributed by atoms with Crippen LogP contribution in [-0.4, -0.2) is 36.0 Å². The maximum Gasteiger partial charge on any atom is 0.263 e. The Hall–Kier alpha value is -4.25. The number of furan rings is 1. The van der Waals surface area contributed by atoms with E-state index < -0.39 is 0 Å². The third-order valence-electron chi connectivity index (χ3n) is 5.44. The number of nitrogens with one attached hydrogen (secondary N) is 1. The molecule has 178 valence electrons. The minimum absolute atomic E-state index is 0.112. The largest absolute Gasteiger partial charge is 0.467 e. The predicted octanol–water partition coefficient (Wildman–Crippen LogP) is 3.21. The SMILES string of the molecule is Cn1cc(CCC(=O)N(Cc2ccco2)c2ncc(C(=O)NCc3ccn4ccnc4c3)s2)cn1. The van der Waals surface area contributed by atoms with Crippen LogP contribution in [0.4, 0.5) is 5.13 Å². The third kappa shape index (κ3) is 5.30. The van der Waals surface area contributed by atoms with Gasteiger partial charge >= 0.3 is 0 Å². The molecular weight excluding hydrogens is 466 g/mol. The lowest BCUT2D eigenvalue weighted by Gasteiger charge is -2.18. The first kappa shape index (κ1) is 22.5. The molecule has 5 heterocycles. The molecule has 10 nitrogen and oxygen atoms in total. The monoisotopic (exact) mass is 489 g/mol. The van der Waals surface area contributed by atoms with Gasteiger partial charge in [0.05, 0.1) is 25.2 Å². The Bertz CT molecular complexity index is 1450. The van der Waals surface area contributed by atoms with Crippen LogP contribution in [0.25, 0.3) is 5.65 Å². The van der Waals surface area contributed by atoms with Crippen molar-refractivity contribution in [3.8, 4) is 0 Å². The number of hydrogen-bond donors (Lipinski definition) is 1. The number of carbonyl (C=O) groups is 2. The van der Waals surface area contributed by atoms with E-state index in [4.69, 9.17) is 4.42 Å². The Labute approximate surface area is 204 Å². The highest BCUT2D eigenvalue weighted by atomic mass is 32.1. The van der Waals surface area contributed by atoms with E-state index in [1.54, 1.807) is 40.4 Å². The molecule has 0 unspecified atom stereocenters. The number of hydrogen-bond acceptors (Lipinski definition) is 7. The number of nitrogens with zero attached hydrogens (tertiary/aromatic N) is 6. The molecule has 0 spiro atoms. The summed E-state index contributed by atoms with van der Waals surface area (Å²) in [5, 5.41) is 7.51. The number of thiazole rings is 1. The van der Waals surface area contributed by atoms with Crippen LogP contribution >= 0.6 is 11.3 Å². The second-order valence-electron chi connectivity index (χ2n) is 8.00. The van der Waals surface area contributed by atoms with E-state index in [0.29, 0.717) is 28.7 Å². The molecule has 5 rings (SSSR count). The number of anilines is 1. The van der Waals surface area contributed by atoms with E-state index in [0.717, 1.165) is 16.8 Å². The average Bonchev–Trinajstić information content (AvgIpc) is 3.66. The van der Waals surface area contributed by atoms with Crippen molar-refractivity contribution in [3.63, 3.8) is 0 Å². The Morgan fingerprint density at radius 1 is 1.17 bits per heavy atom. The number of rotatable bonds is 9. The highest BCUT2D eigenvalue weighted by Gasteiger charge is 2.22. The van der Waals surface area contributed by atoms with Crippen molar-refractivity contribution in [1.29, 1.82) is 0 Å². The van der Waals surface area contributed by atoms with Gasteiger partial charge in [-0.05, 0) is 41.8 Å². The van der Waals surface area contributed by atoms with E-state index in [2.05, 4.69) is 20.4 Å². The fraction of sp³-hybridized carbons (Fsp3) is 0.208. The minimum atomic E-state index is -0.252. The number of aromatic nitrogens is 5. The zero-order valence-electron chi connectivity index (χ0n) is 19.0. The molecule has 5 aromatic rings. The summed E-state index contributed by atoms with van der Waals surface area (Å²) in [4.78, 5) is 36.5. The van der Waals surface area contributed by atoms with Crippen LogP contribution in [-0.2, 0) is 31.4 Å². The first-order chi connectivity index (χ1) is 17.0. The zero-order chi connectivity index (χ0) is 24.2. The standard InChI is InChI=1S/C24H23N7O3S/c1-29-15-18(13-28-29)4-5-22(32)31(16-19-3-2-10-34-19)24-27-14-20(35-24)23(33)26-12-17-6-8-30-9-7-25-21(30)11-17/h2-3,6-11,13-15H,4-5,12,16H2,1H3,(H,26,33). The molecule has 0 saturated heterocycles. The van der Waals surface area contributed by atoms with Gasteiger partial charge in [0.25, 0.3) is 5.91 Å². The van der Waals surface area contributed by atoms with Crippen molar-refractivity contribution < 1.29 is 14.0 Å². The van der Waals surface area contributed by atoms with Crippen molar-refractivity contribution in [3.05, 3.63) is 89.5 Å². The number of carbonyl (C=O) groups excluding carboxylic acids is 2. The maximum atomic E-state index is 13.1. The third-order valence-corrected chi connectivity index (χ3v) is 6.46. The first-order valence-corrected chi connectivity index (χ1v) is 11.8. The lowest BCUT2D eigenvalue weighted by Crippen LogP contribution is -2.30. The summed E-state index contributed by atoms with van der Waals surface area (Å²) in [6.07, 6.45) is 13.0. The van der Waals surface area contributed by atoms with Crippen molar-refractivity contribution in [2.75, 3.05) is 4.90 Å². The second kappa shape index (κ2) is 9.94. The predicted molar refractivity (Wildman–Crippen MR) is 130 cm³/mol. The molecule has 5 aromatic heterocycles. The van der Waals surface area contributed by atoms with E-state index in [1.807, 2.05) is 42.2 Å². The number of imidazole rings is 1. The summed E-state index contributed by atoms with van der Waals surface area (Å²) in [6, 6.07) is 7.43. The zero-order valence-corrected chi connectivity index (χ0v) is 19.8. The van der Waals surface area contributed by atoms with Crippen LogP contribution in [0.15, 0.2) is 72.1 Å². The summed E-state index contributed by atoms with van der Waals surface area (Å²) < 4.78 is 9.06. The lowest BCUT2D eigenvalue weighted by molar-refractivity contribution is -0.118. The Balaban J connectivity index is 1.27. The van der Waals surface area contributed by atoms with Crippen LogP contribution in [0.1, 0.15) is 33.0 Å². The van der Waals surface area contributed by atoms with E-state index in [-0.39, 0.29) is 24.8 Å². The van der Waals surface area contributed by atoms with Gasteiger partial charge in [0.15, 0.2) is 5.13 Å². The molecule has 0 fully saturated rings. The van der Waals surface area contributed by atoms with Gasteiger partial charge in [-0.3, -0.25) is 19.2 Å². The summed E-state index contributed by atoms with van der Waals surface area (Å²) in [5.41, 5.74) is 2.73. The van der Waals surface area contributed by atoms with Crippen molar-refractivity contribution >= 4 is 33.9 Å². The molecule has 0 aliphatic rings. The van der Waals surface area contributed by atoms with Gasteiger partial charge in [0.1, 0.15) is 16.3 Å². The van der Waals surface area contributed by atoms with Crippen LogP contribution in [0, 0.1) is 0 Å². The quantitative estimate of drug-likeness (QED) is 0.340. The molecule has 2 amide bonds. The lowest BCUT2D eigenvalue weighted by atomic mass is 10.2. The van der Waals surface area contributed by atoms with Crippen molar-refractivity contribution in [2.24, 2.45) is 7.05 Å². The molecule has 35 heavy (non-hydrogen) atoms.